The first-order chi connectivity index (χ1) is 8.86. The van der Waals surface area contributed by atoms with E-state index in [0.29, 0.717) is 6.04 Å². The summed E-state index contributed by atoms with van der Waals surface area (Å²) in [6.45, 7) is 0. The molecule has 1 heterocycles. The van der Waals surface area contributed by atoms with Gasteiger partial charge in [-0.25, -0.2) is 0 Å². The SMILES string of the molecule is CNC(Cc1ccccc1)c1cc2c(s1)CCC2. The summed E-state index contributed by atoms with van der Waals surface area (Å²) < 4.78 is 0. The molecule has 1 aromatic heterocycles. The molecule has 3 rings (SSSR count). The van der Waals surface area contributed by atoms with E-state index < -0.39 is 0 Å². The zero-order valence-corrected chi connectivity index (χ0v) is 11.6. The second-order valence-corrected chi connectivity index (χ2v) is 6.15. The van der Waals surface area contributed by atoms with E-state index >= 15 is 0 Å². The average Bonchev–Trinajstić information content (AvgIpc) is 2.98. The minimum Gasteiger partial charge on any atom is -0.312 e. The summed E-state index contributed by atoms with van der Waals surface area (Å²) in [5, 5.41) is 3.47. The van der Waals surface area contributed by atoms with Crippen molar-refractivity contribution in [1.29, 1.82) is 0 Å². The van der Waals surface area contributed by atoms with Crippen molar-refractivity contribution in [3.8, 4) is 0 Å². The van der Waals surface area contributed by atoms with Crippen molar-refractivity contribution in [2.75, 3.05) is 7.05 Å². The van der Waals surface area contributed by atoms with Crippen molar-refractivity contribution < 1.29 is 0 Å². The molecule has 0 spiro atoms. The molecule has 0 amide bonds. The normalized spacial score (nSPS) is 15.6. The summed E-state index contributed by atoms with van der Waals surface area (Å²) in [5.41, 5.74) is 3.01. The highest BCUT2D eigenvalue weighted by molar-refractivity contribution is 7.12. The highest BCUT2D eigenvalue weighted by atomic mass is 32.1. The molecular weight excluding hydrogens is 238 g/mol. The maximum Gasteiger partial charge on any atom is 0.0453 e. The number of nitrogens with one attached hydrogen (secondary N) is 1. The van der Waals surface area contributed by atoms with Crippen LogP contribution in [0.15, 0.2) is 36.4 Å². The third-order valence-electron chi connectivity index (χ3n) is 3.74. The predicted octanol–water partition coefficient (Wildman–Crippen LogP) is 3.74. The lowest BCUT2D eigenvalue weighted by molar-refractivity contribution is 0.601. The first kappa shape index (κ1) is 11.9. The zero-order valence-electron chi connectivity index (χ0n) is 10.8. The van der Waals surface area contributed by atoms with Gasteiger partial charge in [0.1, 0.15) is 0 Å². The quantitative estimate of drug-likeness (QED) is 0.880. The van der Waals surface area contributed by atoms with Crippen molar-refractivity contribution in [1.82, 2.24) is 5.32 Å². The van der Waals surface area contributed by atoms with Crippen molar-refractivity contribution in [2.45, 2.75) is 31.7 Å². The first-order valence-electron chi connectivity index (χ1n) is 6.69. The Kier molecular flexibility index (Phi) is 3.48. The summed E-state index contributed by atoms with van der Waals surface area (Å²) in [5.74, 6) is 0. The Bertz CT molecular complexity index is 494. The van der Waals surface area contributed by atoms with E-state index in [1.54, 1.807) is 10.4 Å². The Balaban J connectivity index is 1.79. The van der Waals surface area contributed by atoms with E-state index in [1.807, 2.05) is 11.3 Å². The molecule has 2 aromatic rings. The fourth-order valence-corrected chi connectivity index (χ4v) is 4.09. The number of aryl methyl sites for hydroxylation is 2. The molecule has 1 nitrogen and oxygen atoms in total. The van der Waals surface area contributed by atoms with Gasteiger partial charge in [0.05, 0.1) is 0 Å². The van der Waals surface area contributed by atoms with E-state index in [0.717, 1.165) is 6.42 Å². The third-order valence-corrected chi connectivity index (χ3v) is 5.09. The van der Waals surface area contributed by atoms with Gasteiger partial charge in [-0.2, -0.15) is 0 Å². The lowest BCUT2D eigenvalue weighted by Crippen LogP contribution is -2.17. The second-order valence-electron chi connectivity index (χ2n) is 4.98. The standard InChI is InChI=1S/C16H19NS/c1-17-14(10-12-6-3-2-4-7-12)16-11-13-8-5-9-15(13)18-16/h2-4,6-7,11,14,17H,5,8-10H2,1H3. The van der Waals surface area contributed by atoms with Gasteiger partial charge in [-0.3, -0.25) is 0 Å². The van der Waals surface area contributed by atoms with Gasteiger partial charge in [0.25, 0.3) is 0 Å². The molecule has 1 N–H and O–H groups in total. The fourth-order valence-electron chi connectivity index (χ4n) is 2.72. The van der Waals surface area contributed by atoms with Crippen molar-refractivity contribution in [3.63, 3.8) is 0 Å². The average molecular weight is 257 g/mol. The fraction of sp³-hybridized carbons (Fsp3) is 0.375. The molecule has 1 unspecified atom stereocenters. The Morgan fingerprint density at radius 2 is 2.06 bits per heavy atom. The molecule has 0 fully saturated rings. The summed E-state index contributed by atoms with van der Waals surface area (Å²) >= 11 is 2.01. The van der Waals surface area contributed by atoms with Gasteiger partial charge >= 0.3 is 0 Å². The lowest BCUT2D eigenvalue weighted by atomic mass is 10.0. The molecule has 0 radical (unpaired) electrons. The number of rotatable bonds is 4. The largest absolute Gasteiger partial charge is 0.312 e. The van der Waals surface area contributed by atoms with Crippen LogP contribution in [-0.4, -0.2) is 7.05 Å². The Morgan fingerprint density at radius 3 is 2.78 bits per heavy atom. The van der Waals surface area contributed by atoms with E-state index in [-0.39, 0.29) is 0 Å². The minimum absolute atomic E-state index is 0.461. The molecule has 1 atom stereocenters. The van der Waals surface area contributed by atoms with Crippen LogP contribution in [0.5, 0.6) is 0 Å². The lowest BCUT2D eigenvalue weighted by Gasteiger charge is -2.14. The van der Waals surface area contributed by atoms with E-state index in [9.17, 15) is 0 Å². The maximum atomic E-state index is 3.47. The van der Waals surface area contributed by atoms with E-state index in [4.69, 9.17) is 0 Å². The number of thiophene rings is 1. The summed E-state index contributed by atoms with van der Waals surface area (Å²) in [6.07, 6.45) is 5.01. The second kappa shape index (κ2) is 5.25. The van der Waals surface area contributed by atoms with Gasteiger partial charge in [0.15, 0.2) is 0 Å². The molecule has 94 valence electrons. The summed E-state index contributed by atoms with van der Waals surface area (Å²) in [4.78, 5) is 3.13. The molecule has 0 aliphatic heterocycles. The van der Waals surface area contributed by atoms with Crippen LogP contribution in [0, 0.1) is 0 Å². The number of fused-ring (bicyclic) bond motifs is 1. The van der Waals surface area contributed by atoms with Crippen LogP contribution in [-0.2, 0) is 19.3 Å². The van der Waals surface area contributed by atoms with Gasteiger partial charge in [-0.05, 0) is 49.9 Å². The zero-order chi connectivity index (χ0) is 12.4. The van der Waals surface area contributed by atoms with Crippen LogP contribution in [0.2, 0.25) is 0 Å². The third kappa shape index (κ3) is 2.36. The van der Waals surface area contributed by atoms with Gasteiger partial charge in [0.2, 0.25) is 0 Å². The number of likely N-dealkylation sites (N-methyl/N-ethyl adjacent to an activating group) is 1. The monoisotopic (exact) mass is 257 g/mol. The molecule has 0 saturated carbocycles. The summed E-state index contributed by atoms with van der Waals surface area (Å²) in [7, 11) is 2.07. The van der Waals surface area contributed by atoms with Crippen molar-refractivity contribution in [3.05, 3.63) is 57.3 Å². The van der Waals surface area contributed by atoms with Crippen LogP contribution in [0.25, 0.3) is 0 Å². The van der Waals surface area contributed by atoms with Crippen molar-refractivity contribution >= 4 is 11.3 Å². The van der Waals surface area contributed by atoms with Gasteiger partial charge < -0.3 is 5.32 Å². The van der Waals surface area contributed by atoms with Gasteiger partial charge in [-0.1, -0.05) is 30.3 Å². The molecule has 0 bridgehead atoms. The van der Waals surface area contributed by atoms with E-state index in [1.165, 1.54) is 29.7 Å². The highest BCUT2D eigenvalue weighted by Crippen LogP contribution is 2.34. The van der Waals surface area contributed by atoms with Crippen LogP contribution in [0.1, 0.15) is 33.3 Å². The Labute approximate surface area is 113 Å². The molecule has 1 aliphatic carbocycles. The molecular formula is C16H19NS. The summed E-state index contributed by atoms with van der Waals surface area (Å²) in [6, 6.07) is 13.6. The molecule has 2 heteroatoms. The molecule has 1 aliphatic rings. The van der Waals surface area contributed by atoms with E-state index in [2.05, 4.69) is 48.8 Å². The predicted molar refractivity (Wildman–Crippen MR) is 78.3 cm³/mol. The van der Waals surface area contributed by atoms with Crippen molar-refractivity contribution in [2.24, 2.45) is 0 Å². The Morgan fingerprint density at radius 1 is 1.22 bits per heavy atom. The van der Waals surface area contributed by atoms with Gasteiger partial charge in [0, 0.05) is 15.8 Å². The minimum atomic E-state index is 0.461. The number of benzene rings is 1. The smallest absolute Gasteiger partial charge is 0.0453 e. The van der Waals surface area contributed by atoms with Crippen LogP contribution in [0.4, 0.5) is 0 Å². The highest BCUT2D eigenvalue weighted by Gasteiger charge is 2.19. The molecule has 0 saturated heterocycles. The number of hydrogen-bond acceptors (Lipinski definition) is 2. The molecule has 18 heavy (non-hydrogen) atoms. The molecule has 1 aromatic carbocycles. The van der Waals surface area contributed by atoms with Crippen LogP contribution < -0.4 is 5.32 Å². The maximum absolute atomic E-state index is 3.47. The van der Waals surface area contributed by atoms with Gasteiger partial charge in [-0.15, -0.1) is 11.3 Å². The van der Waals surface area contributed by atoms with Crippen LogP contribution >= 0.6 is 11.3 Å². The van der Waals surface area contributed by atoms with Crippen LogP contribution in [0.3, 0.4) is 0 Å². The topological polar surface area (TPSA) is 12.0 Å². The first-order valence-corrected chi connectivity index (χ1v) is 7.51. The Hall–Kier alpha value is -1.12. The number of hydrogen-bond donors (Lipinski definition) is 1.